The van der Waals surface area contributed by atoms with E-state index in [-0.39, 0.29) is 36.6 Å². The van der Waals surface area contributed by atoms with Crippen LogP contribution in [0.2, 0.25) is 0 Å². The molecular formula is C33H72N7O5+. The Morgan fingerprint density at radius 3 is 1.80 bits per heavy atom. The topological polar surface area (TPSA) is 223 Å². The molecular weight excluding hydrogens is 574 g/mol. The van der Waals surface area contributed by atoms with Crippen LogP contribution in [0, 0.1) is 5.92 Å². The van der Waals surface area contributed by atoms with E-state index in [9.17, 15) is 24.9 Å². The first-order valence-electron chi connectivity index (χ1n) is 17.9. The predicted octanol–water partition coefficient (Wildman–Crippen LogP) is 1.66. The molecule has 0 aromatic heterocycles. The van der Waals surface area contributed by atoms with Crippen molar-refractivity contribution in [3.05, 3.63) is 0 Å². The van der Waals surface area contributed by atoms with Crippen LogP contribution in [0.5, 0.6) is 0 Å². The number of amides is 2. The lowest BCUT2D eigenvalue weighted by molar-refractivity contribution is -0.373. The third-order valence-electron chi connectivity index (χ3n) is 8.17. The number of hydrogen-bond acceptors (Lipinski definition) is 9. The largest absolute Gasteiger partial charge is 0.376 e. The Morgan fingerprint density at radius 2 is 1.31 bits per heavy atom. The third kappa shape index (κ3) is 26.4. The molecule has 0 aliphatic carbocycles. The maximum Gasteiger partial charge on any atom is 0.237 e. The molecule has 2 amide bonds. The number of nitrogens with two attached hydrogens (primary N) is 2. The van der Waals surface area contributed by atoms with Crippen molar-refractivity contribution in [3.8, 4) is 0 Å². The summed E-state index contributed by atoms with van der Waals surface area (Å²) >= 11 is 0. The van der Waals surface area contributed by atoms with Gasteiger partial charge in [-0.2, -0.15) is 0 Å². The molecule has 14 N–H and O–H groups in total. The van der Waals surface area contributed by atoms with Crippen molar-refractivity contribution in [2.45, 2.75) is 180 Å². The van der Waals surface area contributed by atoms with Gasteiger partial charge in [0.1, 0.15) is 12.5 Å². The SMILES string of the molecule is CCCCCCCCCCCCCCCC(=O)NC(CC(C)C)C(O)NC(CCC(O)O)C(=O)NC(C[NH3+])CCCNC(N)N. The van der Waals surface area contributed by atoms with E-state index >= 15 is 0 Å². The number of aliphatic hydroxyl groups is 3. The van der Waals surface area contributed by atoms with Gasteiger partial charge in [0, 0.05) is 6.42 Å². The van der Waals surface area contributed by atoms with Gasteiger partial charge in [-0.25, -0.2) is 0 Å². The number of nitrogens with one attached hydrogen (secondary N) is 4. The number of unbranched alkanes of at least 4 members (excludes halogenated alkanes) is 12. The molecule has 0 rings (SSSR count). The minimum absolute atomic E-state index is 0.0502. The van der Waals surface area contributed by atoms with Crippen molar-refractivity contribution < 1.29 is 30.6 Å². The highest BCUT2D eigenvalue weighted by Gasteiger charge is 2.29. The van der Waals surface area contributed by atoms with Crippen molar-refractivity contribution in [2.24, 2.45) is 17.4 Å². The highest BCUT2D eigenvalue weighted by atomic mass is 16.5. The summed E-state index contributed by atoms with van der Waals surface area (Å²) < 4.78 is 0. The van der Waals surface area contributed by atoms with E-state index in [4.69, 9.17) is 11.5 Å². The number of rotatable bonds is 31. The quantitative estimate of drug-likeness (QED) is 0.0390. The van der Waals surface area contributed by atoms with Crippen molar-refractivity contribution in [3.63, 3.8) is 0 Å². The van der Waals surface area contributed by atoms with Gasteiger partial charge in [-0.05, 0) is 51.0 Å². The molecule has 4 unspecified atom stereocenters. The first kappa shape index (κ1) is 43.6. The second-order valence-electron chi connectivity index (χ2n) is 13.1. The molecule has 12 heteroatoms. The standard InChI is InChI=1S/C33H71N7O5/c1-4-5-6-7-8-9-10-11-12-13-14-15-16-19-29(41)39-28(23-25(2)3)32(45)40-27(20-21-30(42)43)31(44)38-26(24-34)18-17-22-37-33(35)36/h25-28,30,32-33,37,40,42-43,45H,4-24,34-36H2,1-3H3,(H,38,44)(H,39,41)/p+1. The van der Waals surface area contributed by atoms with Gasteiger partial charge in [0.2, 0.25) is 11.8 Å². The van der Waals surface area contributed by atoms with Crippen LogP contribution in [-0.2, 0) is 9.59 Å². The molecule has 0 saturated heterocycles. The summed E-state index contributed by atoms with van der Waals surface area (Å²) in [6.07, 6.45) is 15.1. The average molecular weight is 647 g/mol. The lowest BCUT2D eigenvalue weighted by atomic mass is 10.0. The Morgan fingerprint density at radius 1 is 0.756 bits per heavy atom. The number of aliphatic hydroxyl groups excluding tert-OH is 2. The van der Waals surface area contributed by atoms with E-state index in [1.807, 2.05) is 13.8 Å². The van der Waals surface area contributed by atoms with Gasteiger partial charge >= 0.3 is 0 Å². The highest BCUT2D eigenvalue weighted by molar-refractivity contribution is 5.82. The van der Waals surface area contributed by atoms with E-state index < -0.39 is 30.9 Å². The summed E-state index contributed by atoms with van der Waals surface area (Å²) in [4.78, 5) is 26.0. The van der Waals surface area contributed by atoms with Gasteiger partial charge in [0.05, 0.1) is 24.7 Å². The summed E-state index contributed by atoms with van der Waals surface area (Å²) in [7, 11) is 0. The minimum Gasteiger partial charge on any atom is -0.376 e. The van der Waals surface area contributed by atoms with Gasteiger partial charge in [-0.1, -0.05) is 97.8 Å². The van der Waals surface area contributed by atoms with Crippen molar-refractivity contribution >= 4 is 11.8 Å². The summed E-state index contributed by atoms with van der Waals surface area (Å²) in [5.41, 5.74) is 14.9. The number of carbonyl (C=O) groups is 2. The minimum atomic E-state index is -1.58. The van der Waals surface area contributed by atoms with Gasteiger partial charge < -0.3 is 43.2 Å². The van der Waals surface area contributed by atoms with Crippen molar-refractivity contribution in [2.75, 3.05) is 13.1 Å². The first-order chi connectivity index (χ1) is 21.5. The fourth-order valence-electron chi connectivity index (χ4n) is 5.49. The molecule has 0 heterocycles. The lowest BCUT2D eigenvalue weighted by Gasteiger charge is -2.30. The molecule has 45 heavy (non-hydrogen) atoms. The van der Waals surface area contributed by atoms with Crippen LogP contribution in [0.3, 0.4) is 0 Å². The van der Waals surface area contributed by atoms with E-state index in [2.05, 4.69) is 33.9 Å². The van der Waals surface area contributed by atoms with Gasteiger partial charge in [0.15, 0.2) is 6.29 Å². The van der Waals surface area contributed by atoms with Gasteiger partial charge in [-0.3, -0.25) is 20.2 Å². The summed E-state index contributed by atoms with van der Waals surface area (Å²) in [5.74, 6) is -0.284. The molecule has 0 aliphatic heterocycles. The molecule has 0 aromatic carbocycles. The smallest absolute Gasteiger partial charge is 0.237 e. The van der Waals surface area contributed by atoms with Crippen molar-refractivity contribution in [1.29, 1.82) is 0 Å². The second-order valence-corrected chi connectivity index (χ2v) is 13.1. The van der Waals surface area contributed by atoms with E-state index in [1.54, 1.807) is 0 Å². The van der Waals surface area contributed by atoms with Gasteiger partial charge in [-0.15, -0.1) is 0 Å². The molecule has 0 spiro atoms. The Hall–Kier alpha value is -1.38. The van der Waals surface area contributed by atoms with Crippen LogP contribution >= 0.6 is 0 Å². The fraction of sp³-hybridized carbons (Fsp3) is 0.939. The zero-order valence-electron chi connectivity index (χ0n) is 28.9. The fourth-order valence-corrected chi connectivity index (χ4v) is 5.49. The van der Waals surface area contributed by atoms with Crippen LogP contribution in [0.4, 0.5) is 0 Å². The predicted molar refractivity (Wildman–Crippen MR) is 181 cm³/mol. The van der Waals surface area contributed by atoms with Crippen LogP contribution < -0.4 is 38.5 Å². The van der Waals surface area contributed by atoms with Gasteiger partial charge in [0.25, 0.3) is 0 Å². The average Bonchev–Trinajstić information content (AvgIpc) is 2.98. The zero-order chi connectivity index (χ0) is 33.9. The van der Waals surface area contributed by atoms with E-state index in [0.29, 0.717) is 32.4 Å². The maximum absolute atomic E-state index is 13.2. The maximum atomic E-state index is 13.2. The normalized spacial score (nSPS) is 14.6. The third-order valence-corrected chi connectivity index (χ3v) is 8.17. The molecule has 0 saturated carbocycles. The molecule has 4 atom stereocenters. The Bertz CT molecular complexity index is 715. The Labute approximate surface area is 273 Å². The first-order valence-corrected chi connectivity index (χ1v) is 17.9. The Balaban J connectivity index is 4.73. The molecule has 0 bridgehead atoms. The summed E-state index contributed by atoms with van der Waals surface area (Å²) in [5, 5.41) is 41.8. The van der Waals surface area contributed by atoms with Crippen LogP contribution in [0.15, 0.2) is 0 Å². The van der Waals surface area contributed by atoms with Crippen LogP contribution in [0.1, 0.15) is 143 Å². The molecule has 268 valence electrons. The Kier molecular flexibility index (Phi) is 27.9. The number of hydrogen-bond donors (Lipinski definition) is 10. The lowest BCUT2D eigenvalue weighted by Crippen LogP contribution is -2.63. The molecule has 0 aromatic rings. The highest BCUT2D eigenvalue weighted by Crippen LogP contribution is 2.14. The zero-order valence-corrected chi connectivity index (χ0v) is 28.9. The monoisotopic (exact) mass is 647 g/mol. The molecule has 0 aliphatic rings. The summed E-state index contributed by atoms with van der Waals surface area (Å²) in [6.45, 7) is 7.32. The molecule has 0 radical (unpaired) electrons. The molecule has 12 nitrogen and oxygen atoms in total. The van der Waals surface area contributed by atoms with E-state index in [0.717, 1.165) is 25.7 Å². The summed E-state index contributed by atoms with van der Waals surface area (Å²) in [6, 6.07) is -1.69. The second kappa shape index (κ2) is 28.8. The number of quaternary nitrogens is 1. The number of carbonyl (C=O) groups excluding carboxylic acids is 2. The molecule has 0 fully saturated rings. The van der Waals surface area contributed by atoms with Crippen molar-refractivity contribution in [1.82, 2.24) is 21.3 Å². The van der Waals surface area contributed by atoms with Crippen LogP contribution in [-0.4, -0.2) is 77.2 Å². The van der Waals surface area contributed by atoms with E-state index in [1.165, 1.54) is 64.2 Å². The van der Waals surface area contributed by atoms with Crippen LogP contribution in [0.25, 0.3) is 0 Å².